The fraction of sp³-hybridized carbons (Fsp3) is 0.188. The van der Waals surface area contributed by atoms with Crippen LogP contribution in [0.2, 0.25) is 0 Å². The number of fused-ring (bicyclic) bond motifs is 2. The molecule has 0 spiro atoms. The summed E-state index contributed by atoms with van der Waals surface area (Å²) < 4.78 is 2.75. The highest BCUT2D eigenvalue weighted by atomic mass is 79.9. The highest BCUT2D eigenvalue weighted by Crippen LogP contribution is 2.28. The summed E-state index contributed by atoms with van der Waals surface area (Å²) in [7, 11) is 0. The SMILES string of the molecule is Cc1n[nH]c2ccc(-c3cnc4c(NCCN)nc(Br)cn34)cc12. The number of aryl methyl sites for hydroxylation is 1. The van der Waals surface area contributed by atoms with Gasteiger partial charge >= 0.3 is 0 Å². The Labute approximate surface area is 146 Å². The molecule has 8 heteroatoms. The standard InChI is InChI=1S/C16H16BrN7/c1-9-11-6-10(2-3-12(11)23-22-9)13-7-20-16-15(19-5-4-18)21-14(17)8-24(13)16/h2-3,6-8H,4-5,18H2,1H3,(H,19,21)(H,22,23). The van der Waals surface area contributed by atoms with E-state index in [0.717, 1.165) is 38.1 Å². The van der Waals surface area contributed by atoms with Crippen LogP contribution in [0.3, 0.4) is 0 Å². The molecule has 24 heavy (non-hydrogen) atoms. The lowest BCUT2D eigenvalue weighted by atomic mass is 10.1. The van der Waals surface area contributed by atoms with E-state index in [0.29, 0.717) is 18.9 Å². The summed E-state index contributed by atoms with van der Waals surface area (Å²) in [4.78, 5) is 8.99. The Balaban J connectivity index is 1.89. The van der Waals surface area contributed by atoms with Crippen LogP contribution in [-0.2, 0) is 0 Å². The monoisotopic (exact) mass is 385 g/mol. The van der Waals surface area contributed by atoms with Crippen LogP contribution in [-0.4, -0.2) is 37.7 Å². The predicted molar refractivity (Wildman–Crippen MR) is 98.1 cm³/mol. The molecule has 7 nitrogen and oxygen atoms in total. The number of imidazole rings is 1. The van der Waals surface area contributed by atoms with Crippen molar-refractivity contribution in [2.75, 3.05) is 18.4 Å². The van der Waals surface area contributed by atoms with E-state index < -0.39 is 0 Å². The second-order valence-corrected chi connectivity index (χ2v) is 6.35. The number of H-pyrrole nitrogens is 1. The lowest BCUT2D eigenvalue weighted by Gasteiger charge is -2.08. The van der Waals surface area contributed by atoms with E-state index in [1.165, 1.54) is 0 Å². The molecule has 0 atom stereocenters. The van der Waals surface area contributed by atoms with Gasteiger partial charge in [-0.15, -0.1) is 0 Å². The molecular formula is C16H16BrN7. The van der Waals surface area contributed by atoms with Crippen LogP contribution in [0.25, 0.3) is 27.8 Å². The predicted octanol–water partition coefficient (Wildman–Crippen LogP) is 2.71. The highest BCUT2D eigenvalue weighted by molar-refractivity contribution is 9.10. The minimum Gasteiger partial charge on any atom is -0.366 e. The van der Waals surface area contributed by atoms with E-state index in [4.69, 9.17) is 5.73 Å². The molecule has 3 heterocycles. The number of aromatic amines is 1. The number of benzene rings is 1. The lowest BCUT2D eigenvalue weighted by Crippen LogP contribution is -2.14. The second-order valence-electron chi connectivity index (χ2n) is 5.53. The topological polar surface area (TPSA) is 96.9 Å². The highest BCUT2D eigenvalue weighted by Gasteiger charge is 2.13. The molecule has 0 bridgehead atoms. The summed E-state index contributed by atoms with van der Waals surface area (Å²) in [5.74, 6) is 0.710. The molecule has 4 aromatic rings. The maximum absolute atomic E-state index is 5.57. The zero-order chi connectivity index (χ0) is 16.7. The fourth-order valence-electron chi connectivity index (χ4n) is 2.79. The van der Waals surface area contributed by atoms with Gasteiger partial charge < -0.3 is 11.1 Å². The van der Waals surface area contributed by atoms with Crippen molar-refractivity contribution in [1.82, 2.24) is 24.6 Å². The molecule has 0 saturated carbocycles. The molecule has 4 rings (SSSR count). The van der Waals surface area contributed by atoms with E-state index >= 15 is 0 Å². The Hall–Kier alpha value is -2.45. The minimum atomic E-state index is 0.532. The molecule has 3 aromatic heterocycles. The van der Waals surface area contributed by atoms with Gasteiger partial charge in [-0.3, -0.25) is 9.50 Å². The summed E-state index contributed by atoms with van der Waals surface area (Å²) in [5.41, 5.74) is 10.4. The number of aromatic nitrogens is 5. The maximum atomic E-state index is 5.57. The number of hydrogen-bond donors (Lipinski definition) is 3. The number of nitrogens with two attached hydrogens (primary N) is 1. The Morgan fingerprint density at radius 1 is 1.38 bits per heavy atom. The first kappa shape index (κ1) is 15.1. The van der Waals surface area contributed by atoms with Crippen molar-refractivity contribution in [3.05, 3.63) is 40.9 Å². The molecule has 0 aliphatic carbocycles. The van der Waals surface area contributed by atoms with E-state index in [9.17, 15) is 0 Å². The lowest BCUT2D eigenvalue weighted by molar-refractivity contribution is 0.998. The Morgan fingerprint density at radius 2 is 2.25 bits per heavy atom. The van der Waals surface area contributed by atoms with Crippen molar-refractivity contribution >= 4 is 38.3 Å². The Bertz CT molecular complexity index is 1030. The van der Waals surface area contributed by atoms with Crippen molar-refractivity contribution in [1.29, 1.82) is 0 Å². The molecule has 0 saturated heterocycles. The molecule has 0 unspecified atom stereocenters. The average Bonchev–Trinajstić information content (AvgIpc) is 3.16. The third kappa shape index (κ3) is 2.44. The minimum absolute atomic E-state index is 0.532. The average molecular weight is 386 g/mol. The normalized spacial score (nSPS) is 11.5. The van der Waals surface area contributed by atoms with Crippen molar-refractivity contribution in [3.8, 4) is 11.3 Å². The summed E-state index contributed by atoms with van der Waals surface area (Å²) in [6, 6.07) is 6.22. The number of rotatable bonds is 4. The molecular weight excluding hydrogens is 370 g/mol. The molecule has 0 aliphatic heterocycles. The van der Waals surface area contributed by atoms with Gasteiger partial charge in [0.25, 0.3) is 0 Å². The van der Waals surface area contributed by atoms with Crippen LogP contribution in [0.15, 0.2) is 35.2 Å². The summed E-state index contributed by atoms with van der Waals surface area (Å²) >= 11 is 3.47. The third-order valence-electron chi connectivity index (χ3n) is 3.95. The van der Waals surface area contributed by atoms with E-state index in [-0.39, 0.29) is 0 Å². The van der Waals surface area contributed by atoms with Gasteiger partial charge in [-0.2, -0.15) is 5.10 Å². The number of nitrogens with one attached hydrogen (secondary N) is 2. The Kier molecular flexibility index (Phi) is 3.70. The molecule has 4 N–H and O–H groups in total. The van der Waals surface area contributed by atoms with Gasteiger partial charge in [0.15, 0.2) is 11.5 Å². The summed E-state index contributed by atoms with van der Waals surface area (Å²) in [6.07, 6.45) is 3.77. The first-order chi connectivity index (χ1) is 11.7. The molecule has 0 radical (unpaired) electrons. The molecule has 1 aromatic carbocycles. The van der Waals surface area contributed by atoms with Crippen LogP contribution in [0.5, 0.6) is 0 Å². The quantitative estimate of drug-likeness (QED) is 0.501. The van der Waals surface area contributed by atoms with Crippen LogP contribution in [0.4, 0.5) is 5.82 Å². The number of nitrogens with zero attached hydrogens (tertiary/aromatic N) is 4. The van der Waals surface area contributed by atoms with Crippen molar-refractivity contribution in [2.45, 2.75) is 6.92 Å². The van der Waals surface area contributed by atoms with Crippen LogP contribution >= 0.6 is 15.9 Å². The number of anilines is 1. The van der Waals surface area contributed by atoms with Crippen LogP contribution in [0.1, 0.15) is 5.69 Å². The van der Waals surface area contributed by atoms with Gasteiger partial charge in [0.2, 0.25) is 0 Å². The van der Waals surface area contributed by atoms with Crippen molar-refractivity contribution in [3.63, 3.8) is 0 Å². The van der Waals surface area contributed by atoms with Crippen molar-refractivity contribution < 1.29 is 0 Å². The van der Waals surface area contributed by atoms with Crippen LogP contribution in [0, 0.1) is 6.92 Å². The smallest absolute Gasteiger partial charge is 0.180 e. The van der Waals surface area contributed by atoms with E-state index in [2.05, 4.69) is 53.5 Å². The maximum Gasteiger partial charge on any atom is 0.180 e. The summed E-state index contributed by atoms with van der Waals surface area (Å²) in [5, 5.41) is 11.6. The number of hydrogen-bond acceptors (Lipinski definition) is 5. The Morgan fingerprint density at radius 3 is 3.08 bits per heavy atom. The zero-order valence-electron chi connectivity index (χ0n) is 13.0. The van der Waals surface area contributed by atoms with Gasteiger partial charge in [0, 0.05) is 30.2 Å². The molecule has 0 fully saturated rings. The van der Waals surface area contributed by atoms with Crippen LogP contribution < -0.4 is 11.1 Å². The first-order valence-electron chi connectivity index (χ1n) is 7.60. The van der Waals surface area contributed by atoms with Gasteiger partial charge in [0.05, 0.1) is 23.1 Å². The molecule has 122 valence electrons. The zero-order valence-corrected chi connectivity index (χ0v) is 14.6. The second kappa shape index (κ2) is 5.88. The third-order valence-corrected chi connectivity index (χ3v) is 4.33. The van der Waals surface area contributed by atoms with Gasteiger partial charge in [-0.25, -0.2) is 9.97 Å². The molecule has 0 aliphatic rings. The van der Waals surface area contributed by atoms with Gasteiger partial charge in [-0.1, -0.05) is 6.07 Å². The molecule has 0 amide bonds. The largest absolute Gasteiger partial charge is 0.366 e. The van der Waals surface area contributed by atoms with E-state index in [1.54, 1.807) is 0 Å². The summed E-state index contributed by atoms with van der Waals surface area (Å²) in [6.45, 7) is 3.16. The van der Waals surface area contributed by atoms with Crippen molar-refractivity contribution in [2.24, 2.45) is 5.73 Å². The number of halogens is 1. The fourth-order valence-corrected chi connectivity index (χ4v) is 3.17. The van der Waals surface area contributed by atoms with Gasteiger partial charge in [0.1, 0.15) is 4.60 Å². The first-order valence-corrected chi connectivity index (χ1v) is 8.39. The van der Waals surface area contributed by atoms with Gasteiger partial charge in [-0.05, 0) is 35.0 Å². The van der Waals surface area contributed by atoms with E-state index in [1.807, 2.05) is 29.8 Å².